The summed E-state index contributed by atoms with van der Waals surface area (Å²) in [5.41, 5.74) is 6.98. The Morgan fingerprint density at radius 1 is 1.00 bits per heavy atom. The first-order chi connectivity index (χ1) is 12.5. The molecular weight excluding hydrogens is 320 g/mol. The molecule has 26 heavy (non-hydrogen) atoms. The molecular formula is C22H32N4. The number of hydrogen-bond donors (Lipinski definition) is 0. The predicted octanol–water partition coefficient (Wildman–Crippen LogP) is 3.08. The van der Waals surface area contributed by atoms with E-state index in [0.29, 0.717) is 0 Å². The highest BCUT2D eigenvalue weighted by molar-refractivity contribution is 5.37. The van der Waals surface area contributed by atoms with Gasteiger partial charge in [-0.2, -0.15) is 0 Å². The lowest BCUT2D eigenvalue weighted by molar-refractivity contribution is 0.148. The molecule has 4 heteroatoms. The smallest absolute Gasteiger partial charge is 0.0312 e. The molecule has 1 aromatic heterocycles. The van der Waals surface area contributed by atoms with Crippen molar-refractivity contribution in [3.8, 4) is 0 Å². The molecule has 0 amide bonds. The van der Waals surface area contributed by atoms with Gasteiger partial charge >= 0.3 is 0 Å². The molecule has 1 saturated heterocycles. The molecule has 0 unspecified atom stereocenters. The maximum Gasteiger partial charge on any atom is 0.0312 e. The van der Waals surface area contributed by atoms with Gasteiger partial charge in [0.25, 0.3) is 0 Å². The van der Waals surface area contributed by atoms with E-state index >= 15 is 0 Å². The van der Waals surface area contributed by atoms with Crippen LogP contribution in [0.1, 0.15) is 27.8 Å². The minimum Gasteiger partial charge on any atom is -0.304 e. The number of pyridine rings is 1. The van der Waals surface area contributed by atoms with Gasteiger partial charge in [0, 0.05) is 58.2 Å². The third-order valence-corrected chi connectivity index (χ3v) is 5.40. The van der Waals surface area contributed by atoms with Crippen molar-refractivity contribution in [2.24, 2.45) is 0 Å². The molecule has 140 valence electrons. The molecule has 1 aliphatic rings. The summed E-state index contributed by atoms with van der Waals surface area (Å²) in [6.45, 7) is 12.1. The number of piperazine rings is 1. The van der Waals surface area contributed by atoms with Crippen LogP contribution in [-0.4, -0.2) is 60.0 Å². The molecule has 0 aliphatic carbocycles. The summed E-state index contributed by atoms with van der Waals surface area (Å²) in [6, 6.07) is 8.94. The number of nitrogens with zero attached hydrogens (tertiary/aromatic N) is 4. The van der Waals surface area contributed by atoms with Gasteiger partial charge in [0.15, 0.2) is 0 Å². The molecule has 4 nitrogen and oxygen atoms in total. The monoisotopic (exact) mass is 352 g/mol. The fourth-order valence-corrected chi connectivity index (χ4v) is 3.69. The predicted molar refractivity (Wildman–Crippen MR) is 108 cm³/mol. The van der Waals surface area contributed by atoms with Crippen LogP contribution >= 0.6 is 0 Å². The average molecular weight is 353 g/mol. The quantitative estimate of drug-likeness (QED) is 0.797. The molecule has 0 spiro atoms. The van der Waals surface area contributed by atoms with Crippen LogP contribution < -0.4 is 0 Å². The standard InChI is InChI=1S/C22H32N4/c1-18-12-19(2)22(17-26-10-8-24(3)9-11-26)13-21(18)16-25(4)15-20-6-5-7-23-14-20/h5-7,12-14H,8-11,15-17H2,1-4H3. The minimum absolute atomic E-state index is 0.926. The largest absolute Gasteiger partial charge is 0.304 e. The van der Waals surface area contributed by atoms with Gasteiger partial charge in [-0.05, 0) is 61.8 Å². The lowest BCUT2D eigenvalue weighted by Crippen LogP contribution is -2.44. The van der Waals surface area contributed by atoms with E-state index in [2.05, 4.69) is 65.8 Å². The molecule has 0 atom stereocenters. The molecule has 2 heterocycles. The first kappa shape index (κ1) is 19.0. The first-order valence-electron chi connectivity index (χ1n) is 9.58. The van der Waals surface area contributed by atoms with Gasteiger partial charge in [0.1, 0.15) is 0 Å². The first-order valence-corrected chi connectivity index (χ1v) is 9.58. The van der Waals surface area contributed by atoms with Crippen LogP contribution in [0.2, 0.25) is 0 Å². The van der Waals surface area contributed by atoms with Crippen LogP contribution in [0.5, 0.6) is 0 Å². The Hall–Kier alpha value is -1.75. The third kappa shape index (κ3) is 5.13. The summed E-state index contributed by atoms with van der Waals surface area (Å²) in [6.07, 6.45) is 3.79. The maximum atomic E-state index is 4.22. The van der Waals surface area contributed by atoms with E-state index in [1.807, 2.05) is 18.5 Å². The van der Waals surface area contributed by atoms with Crippen molar-refractivity contribution in [3.05, 3.63) is 64.5 Å². The van der Waals surface area contributed by atoms with Crippen molar-refractivity contribution in [2.75, 3.05) is 40.3 Å². The number of hydrogen-bond acceptors (Lipinski definition) is 4. The zero-order valence-corrected chi connectivity index (χ0v) is 16.7. The second-order valence-electron chi connectivity index (χ2n) is 7.82. The summed E-state index contributed by atoms with van der Waals surface area (Å²) >= 11 is 0. The Balaban J connectivity index is 1.67. The second kappa shape index (κ2) is 8.76. The zero-order chi connectivity index (χ0) is 18.5. The van der Waals surface area contributed by atoms with Gasteiger partial charge in [0.05, 0.1) is 0 Å². The SMILES string of the molecule is Cc1cc(C)c(CN2CCN(C)CC2)cc1CN(C)Cc1cccnc1. The van der Waals surface area contributed by atoms with Crippen LogP contribution in [-0.2, 0) is 19.6 Å². The molecule has 0 bridgehead atoms. The van der Waals surface area contributed by atoms with Crippen molar-refractivity contribution in [1.82, 2.24) is 19.7 Å². The maximum absolute atomic E-state index is 4.22. The fraction of sp³-hybridized carbons (Fsp3) is 0.500. The minimum atomic E-state index is 0.926. The number of likely N-dealkylation sites (N-methyl/N-ethyl adjacent to an activating group) is 1. The van der Waals surface area contributed by atoms with E-state index in [9.17, 15) is 0 Å². The Morgan fingerprint density at radius 3 is 2.42 bits per heavy atom. The van der Waals surface area contributed by atoms with Gasteiger partial charge in [-0.1, -0.05) is 18.2 Å². The van der Waals surface area contributed by atoms with E-state index in [0.717, 1.165) is 19.6 Å². The highest BCUT2D eigenvalue weighted by Crippen LogP contribution is 2.20. The van der Waals surface area contributed by atoms with E-state index in [1.165, 1.54) is 54.0 Å². The normalized spacial score (nSPS) is 16.3. The summed E-state index contributed by atoms with van der Waals surface area (Å²) in [5, 5.41) is 0. The number of aromatic nitrogens is 1. The second-order valence-corrected chi connectivity index (χ2v) is 7.82. The van der Waals surface area contributed by atoms with Crippen molar-refractivity contribution >= 4 is 0 Å². The van der Waals surface area contributed by atoms with Crippen LogP contribution in [0.25, 0.3) is 0 Å². The lowest BCUT2D eigenvalue weighted by Gasteiger charge is -2.33. The van der Waals surface area contributed by atoms with Crippen molar-refractivity contribution in [2.45, 2.75) is 33.5 Å². The third-order valence-electron chi connectivity index (χ3n) is 5.40. The lowest BCUT2D eigenvalue weighted by atomic mass is 9.99. The van der Waals surface area contributed by atoms with E-state index in [-0.39, 0.29) is 0 Å². The summed E-state index contributed by atoms with van der Waals surface area (Å²) < 4.78 is 0. The highest BCUT2D eigenvalue weighted by Gasteiger charge is 2.16. The van der Waals surface area contributed by atoms with Gasteiger partial charge in [0.2, 0.25) is 0 Å². The Labute approximate surface area is 158 Å². The van der Waals surface area contributed by atoms with E-state index in [4.69, 9.17) is 0 Å². The molecule has 3 rings (SSSR count). The van der Waals surface area contributed by atoms with Crippen molar-refractivity contribution < 1.29 is 0 Å². The highest BCUT2D eigenvalue weighted by atomic mass is 15.2. The van der Waals surface area contributed by atoms with E-state index < -0.39 is 0 Å². The van der Waals surface area contributed by atoms with Gasteiger partial charge in [-0.25, -0.2) is 0 Å². The summed E-state index contributed by atoms with van der Waals surface area (Å²) in [5.74, 6) is 0. The summed E-state index contributed by atoms with van der Waals surface area (Å²) in [4.78, 5) is 11.6. The average Bonchev–Trinajstić information content (AvgIpc) is 2.62. The number of aryl methyl sites for hydroxylation is 2. The Kier molecular flexibility index (Phi) is 6.41. The van der Waals surface area contributed by atoms with Crippen molar-refractivity contribution in [1.29, 1.82) is 0 Å². The number of benzene rings is 1. The molecule has 1 aliphatic heterocycles. The molecule has 0 N–H and O–H groups in total. The topological polar surface area (TPSA) is 22.6 Å². The summed E-state index contributed by atoms with van der Waals surface area (Å²) in [7, 11) is 4.40. The molecule has 0 radical (unpaired) electrons. The Bertz CT molecular complexity index is 706. The van der Waals surface area contributed by atoms with Crippen LogP contribution in [0.3, 0.4) is 0 Å². The van der Waals surface area contributed by atoms with Gasteiger partial charge in [-0.15, -0.1) is 0 Å². The van der Waals surface area contributed by atoms with Crippen LogP contribution in [0, 0.1) is 13.8 Å². The van der Waals surface area contributed by atoms with E-state index in [1.54, 1.807) is 0 Å². The number of rotatable bonds is 6. The fourth-order valence-electron chi connectivity index (χ4n) is 3.69. The molecule has 1 fully saturated rings. The zero-order valence-electron chi connectivity index (χ0n) is 16.7. The van der Waals surface area contributed by atoms with Gasteiger partial charge in [-0.3, -0.25) is 14.8 Å². The molecule has 0 saturated carbocycles. The Morgan fingerprint density at radius 2 is 1.73 bits per heavy atom. The van der Waals surface area contributed by atoms with Crippen LogP contribution in [0.4, 0.5) is 0 Å². The molecule has 1 aromatic carbocycles. The van der Waals surface area contributed by atoms with Crippen LogP contribution in [0.15, 0.2) is 36.7 Å². The van der Waals surface area contributed by atoms with Crippen molar-refractivity contribution in [3.63, 3.8) is 0 Å². The van der Waals surface area contributed by atoms with Gasteiger partial charge < -0.3 is 4.90 Å². The molecule has 2 aromatic rings.